The van der Waals surface area contributed by atoms with Gasteiger partial charge in [0.1, 0.15) is 0 Å². The molecule has 0 aromatic rings. The molecule has 0 aliphatic carbocycles. The maximum absolute atomic E-state index is 10.2. The van der Waals surface area contributed by atoms with Crippen molar-refractivity contribution in [2.24, 2.45) is 10.8 Å². The van der Waals surface area contributed by atoms with Crippen LogP contribution < -0.4 is 11.2 Å². The first-order valence-electron chi connectivity index (χ1n) is 3.98. The minimum absolute atomic E-state index is 0.641. The second-order valence-corrected chi connectivity index (χ2v) is 2.28. The molecule has 0 aliphatic heterocycles. The molecule has 0 spiro atoms. The molecule has 0 aliphatic rings. The van der Waals surface area contributed by atoms with Gasteiger partial charge in [0.25, 0.3) is 0 Å². The molecule has 4 heteroatoms. The van der Waals surface area contributed by atoms with Gasteiger partial charge in [-0.3, -0.25) is 0 Å². The lowest BCUT2D eigenvalue weighted by Gasteiger charge is -1.94. The van der Waals surface area contributed by atoms with Gasteiger partial charge in [-0.1, -0.05) is 19.9 Å². The second kappa shape index (κ2) is 6.39. The Labute approximate surface area is 72.5 Å². The van der Waals surface area contributed by atoms with Crippen molar-refractivity contribution in [2.75, 3.05) is 0 Å². The van der Waals surface area contributed by atoms with Crippen molar-refractivity contribution in [2.45, 2.75) is 26.7 Å². The maximum Gasteiger partial charge on any atom is 0.332 e. The first kappa shape index (κ1) is 10.7. The van der Waals surface area contributed by atoms with Gasteiger partial charge in [0.15, 0.2) is 0 Å². The van der Waals surface area contributed by atoms with Crippen LogP contribution in [0.15, 0.2) is 16.8 Å². The predicted octanol–water partition coefficient (Wildman–Crippen LogP) is 1.39. The third kappa shape index (κ3) is 5.46. The number of urea groups is 1. The van der Waals surface area contributed by atoms with Gasteiger partial charge in [-0.15, -0.1) is 0 Å². The van der Waals surface area contributed by atoms with Crippen molar-refractivity contribution in [3.63, 3.8) is 0 Å². The zero-order chi connectivity index (χ0) is 9.40. The molecule has 0 aromatic carbocycles. The van der Waals surface area contributed by atoms with E-state index in [1.807, 2.05) is 19.9 Å². The summed E-state index contributed by atoms with van der Waals surface area (Å²) >= 11 is 0. The number of hydrogen-bond acceptors (Lipinski definition) is 2. The standard InChI is InChI=1S/C8H15N3O/c1-3-5-7(4-2)6-10-11-8(9)12/h5-6H,3-4H2,1-2H3,(H3,9,11,12)/b7-5+,10-6-. The van der Waals surface area contributed by atoms with E-state index in [1.165, 1.54) is 0 Å². The lowest BCUT2D eigenvalue weighted by Crippen LogP contribution is -2.24. The van der Waals surface area contributed by atoms with Crippen LogP contribution in [0.2, 0.25) is 0 Å². The van der Waals surface area contributed by atoms with Gasteiger partial charge in [-0.05, 0) is 18.4 Å². The number of nitrogens with zero attached hydrogens (tertiary/aromatic N) is 1. The monoisotopic (exact) mass is 169 g/mol. The van der Waals surface area contributed by atoms with Crippen LogP contribution in [0, 0.1) is 0 Å². The first-order chi connectivity index (χ1) is 5.70. The average molecular weight is 169 g/mol. The van der Waals surface area contributed by atoms with Gasteiger partial charge in [-0.2, -0.15) is 5.10 Å². The Hall–Kier alpha value is -1.32. The van der Waals surface area contributed by atoms with Gasteiger partial charge < -0.3 is 5.73 Å². The fraction of sp³-hybridized carbons (Fsp3) is 0.500. The van der Waals surface area contributed by atoms with E-state index >= 15 is 0 Å². The molecule has 0 unspecified atom stereocenters. The Bertz CT molecular complexity index is 196. The van der Waals surface area contributed by atoms with Crippen molar-refractivity contribution in [1.29, 1.82) is 0 Å². The average Bonchev–Trinajstić information content (AvgIpc) is 2.02. The number of nitrogens with one attached hydrogen (secondary N) is 1. The molecule has 4 nitrogen and oxygen atoms in total. The summed E-state index contributed by atoms with van der Waals surface area (Å²) in [6.45, 7) is 4.07. The number of allylic oxidation sites excluding steroid dienone is 2. The quantitative estimate of drug-likeness (QED) is 0.484. The first-order valence-corrected chi connectivity index (χ1v) is 3.98. The molecule has 2 amide bonds. The van der Waals surface area contributed by atoms with Crippen LogP contribution >= 0.6 is 0 Å². The van der Waals surface area contributed by atoms with E-state index in [0.717, 1.165) is 18.4 Å². The van der Waals surface area contributed by atoms with E-state index in [9.17, 15) is 4.79 Å². The molecule has 12 heavy (non-hydrogen) atoms. The van der Waals surface area contributed by atoms with Crippen molar-refractivity contribution >= 4 is 12.2 Å². The highest BCUT2D eigenvalue weighted by molar-refractivity contribution is 5.80. The van der Waals surface area contributed by atoms with Gasteiger partial charge in [-0.25, -0.2) is 10.2 Å². The fourth-order valence-corrected chi connectivity index (χ4v) is 0.729. The summed E-state index contributed by atoms with van der Waals surface area (Å²) in [7, 11) is 0. The molecule has 0 fully saturated rings. The summed E-state index contributed by atoms with van der Waals surface area (Å²) in [6.07, 6.45) is 5.52. The third-order valence-corrected chi connectivity index (χ3v) is 1.28. The molecule has 0 saturated carbocycles. The highest BCUT2D eigenvalue weighted by Gasteiger charge is 1.88. The molecule has 0 saturated heterocycles. The number of primary amides is 1. The lowest BCUT2D eigenvalue weighted by molar-refractivity contribution is 0.249. The van der Waals surface area contributed by atoms with Crippen LogP contribution in [0.25, 0.3) is 0 Å². The van der Waals surface area contributed by atoms with E-state index in [0.29, 0.717) is 0 Å². The Morgan fingerprint density at radius 2 is 2.25 bits per heavy atom. The summed E-state index contributed by atoms with van der Waals surface area (Å²) in [5.74, 6) is 0. The highest BCUT2D eigenvalue weighted by Crippen LogP contribution is 1.97. The van der Waals surface area contributed by atoms with Crippen LogP contribution in [0.3, 0.4) is 0 Å². The Morgan fingerprint density at radius 1 is 1.58 bits per heavy atom. The van der Waals surface area contributed by atoms with E-state index in [1.54, 1.807) is 6.21 Å². The number of hydrazone groups is 1. The van der Waals surface area contributed by atoms with Gasteiger partial charge in [0.05, 0.1) is 6.21 Å². The fourth-order valence-electron chi connectivity index (χ4n) is 0.729. The Balaban J connectivity index is 3.93. The maximum atomic E-state index is 10.2. The molecule has 3 N–H and O–H groups in total. The van der Waals surface area contributed by atoms with Crippen molar-refractivity contribution < 1.29 is 4.79 Å². The minimum atomic E-state index is -0.641. The summed E-state index contributed by atoms with van der Waals surface area (Å²) in [5.41, 5.74) is 8.04. The van der Waals surface area contributed by atoms with Gasteiger partial charge in [0.2, 0.25) is 0 Å². The molecule has 68 valence electrons. The van der Waals surface area contributed by atoms with E-state index in [-0.39, 0.29) is 0 Å². The smallest absolute Gasteiger partial charge is 0.332 e. The Kier molecular flexibility index (Phi) is 5.69. The molecule has 0 aromatic heterocycles. The van der Waals surface area contributed by atoms with Crippen molar-refractivity contribution in [3.8, 4) is 0 Å². The minimum Gasteiger partial charge on any atom is -0.350 e. The number of hydrogen-bond donors (Lipinski definition) is 2. The summed E-state index contributed by atoms with van der Waals surface area (Å²) < 4.78 is 0. The highest BCUT2D eigenvalue weighted by atomic mass is 16.2. The number of rotatable bonds is 4. The number of amides is 2. The van der Waals surface area contributed by atoms with Crippen molar-refractivity contribution in [3.05, 3.63) is 11.6 Å². The van der Waals surface area contributed by atoms with Gasteiger partial charge >= 0.3 is 6.03 Å². The molecule has 0 atom stereocenters. The van der Waals surface area contributed by atoms with Crippen LogP contribution in [0.1, 0.15) is 26.7 Å². The van der Waals surface area contributed by atoms with E-state index in [2.05, 4.69) is 10.5 Å². The number of carbonyl (C=O) groups is 1. The van der Waals surface area contributed by atoms with Crippen molar-refractivity contribution in [1.82, 2.24) is 5.43 Å². The lowest BCUT2D eigenvalue weighted by atomic mass is 10.2. The third-order valence-electron chi connectivity index (χ3n) is 1.28. The van der Waals surface area contributed by atoms with Gasteiger partial charge in [0, 0.05) is 0 Å². The number of carbonyl (C=O) groups excluding carboxylic acids is 1. The molecule has 0 bridgehead atoms. The topological polar surface area (TPSA) is 67.5 Å². The normalized spacial score (nSPS) is 12.0. The molecular formula is C8H15N3O. The zero-order valence-corrected chi connectivity index (χ0v) is 7.50. The largest absolute Gasteiger partial charge is 0.350 e. The summed E-state index contributed by atoms with van der Waals surface area (Å²) in [6, 6.07) is -0.641. The molecule has 0 radical (unpaired) electrons. The second-order valence-electron chi connectivity index (χ2n) is 2.28. The van der Waals surface area contributed by atoms with Crippen LogP contribution in [-0.2, 0) is 0 Å². The molecular weight excluding hydrogens is 154 g/mol. The van der Waals surface area contributed by atoms with Crippen LogP contribution in [0.5, 0.6) is 0 Å². The predicted molar refractivity (Wildman–Crippen MR) is 49.9 cm³/mol. The number of nitrogens with two attached hydrogens (primary N) is 1. The van der Waals surface area contributed by atoms with Crippen LogP contribution in [0.4, 0.5) is 4.79 Å². The van der Waals surface area contributed by atoms with E-state index < -0.39 is 6.03 Å². The Morgan fingerprint density at radius 3 is 2.67 bits per heavy atom. The molecule has 0 heterocycles. The summed E-state index contributed by atoms with van der Waals surface area (Å²) in [5, 5.41) is 3.64. The van der Waals surface area contributed by atoms with E-state index in [4.69, 9.17) is 5.73 Å². The van der Waals surface area contributed by atoms with Crippen LogP contribution in [-0.4, -0.2) is 12.2 Å². The zero-order valence-electron chi connectivity index (χ0n) is 7.50. The molecule has 0 rings (SSSR count). The SMILES string of the molecule is CC/C=C(/C=N\NC(N)=O)CC. The summed E-state index contributed by atoms with van der Waals surface area (Å²) in [4.78, 5) is 10.2.